The van der Waals surface area contributed by atoms with E-state index in [1.54, 1.807) is 0 Å². The van der Waals surface area contributed by atoms with E-state index < -0.39 is 0 Å². The molecule has 0 aromatic carbocycles. The van der Waals surface area contributed by atoms with Crippen molar-refractivity contribution in [2.24, 2.45) is 11.8 Å². The Labute approximate surface area is 81.3 Å². The number of likely N-dealkylation sites (tertiary alicyclic amines) is 1. The fourth-order valence-electron chi connectivity index (χ4n) is 1.83. The van der Waals surface area contributed by atoms with Gasteiger partial charge in [-0.1, -0.05) is 20.8 Å². The van der Waals surface area contributed by atoms with E-state index >= 15 is 0 Å². The van der Waals surface area contributed by atoms with Crippen molar-refractivity contribution in [2.45, 2.75) is 33.6 Å². The maximum atomic E-state index is 11.5. The van der Waals surface area contributed by atoms with E-state index in [2.05, 4.69) is 11.8 Å². The molecule has 1 unspecified atom stereocenters. The molecule has 0 aromatic rings. The molecule has 1 atom stereocenters. The molecule has 0 aliphatic carbocycles. The molecule has 76 valence electrons. The van der Waals surface area contributed by atoms with E-state index in [1.165, 1.54) is 12.8 Å². The zero-order chi connectivity index (χ0) is 9.84. The molecule has 0 amide bonds. The SMILES string of the molecule is CC1CCCN(CC(=O)C(C)C)C1. The highest BCUT2D eigenvalue weighted by Crippen LogP contribution is 2.15. The first-order valence-electron chi connectivity index (χ1n) is 5.34. The third-order valence-corrected chi connectivity index (χ3v) is 2.76. The highest BCUT2D eigenvalue weighted by molar-refractivity contribution is 5.82. The van der Waals surface area contributed by atoms with Gasteiger partial charge in [-0.2, -0.15) is 0 Å². The van der Waals surface area contributed by atoms with E-state index in [4.69, 9.17) is 0 Å². The Morgan fingerprint density at radius 3 is 2.77 bits per heavy atom. The second kappa shape index (κ2) is 4.75. The Balaban J connectivity index is 2.31. The van der Waals surface area contributed by atoms with Crippen molar-refractivity contribution >= 4 is 5.78 Å². The molecule has 2 heteroatoms. The average Bonchev–Trinajstić information content (AvgIpc) is 2.04. The Morgan fingerprint density at radius 2 is 2.23 bits per heavy atom. The van der Waals surface area contributed by atoms with E-state index in [0.717, 1.165) is 19.0 Å². The van der Waals surface area contributed by atoms with Gasteiger partial charge in [-0.25, -0.2) is 0 Å². The van der Waals surface area contributed by atoms with Crippen LogP contribution in [0.4, 0.5) is 0 Å². The zero-order valence-corrected chi connectivity index (χ0v) is 9.05. The second-order valence-electron chi connectivity index (χ2n) is 4.60. The molecule has 1 heterocycles. The number of carbonyl (C=O) groups excluding carboxylic acids is 1. The Bertz CT molecular complexity index is 177. The number of carbonyl (C=O) groups is 1. The smallest absolute Gasteiger partial charge is 0.149 e. The van der Waals surface area contributed by atoms with Crippen LogP contribution >= 0.6 is 0 Å². The first-order valence-corrected chi connectivity index (χ1v) is 5.34. The molecule has 2 nitrogen and oxygen atoms in total. The topological polar surface area (TPSA) is 20.3 Å². The second-order valence-corrected chi connectivity index (χ2v) is 4.60. The molecular weight excluding hydrogens is 162 g/mol. The lowest BCUT2D eigenvalue weighted by Crippen LogP contribution is -2.39. The fourth-order valence-corrected chi connectivity index (χ4v) is 1.83. The maximum Gasteiger partial charge on any atom is 0.149 e. The molecule has 1 rings (SSSR count). The minimum Gasteiger partial charge on any atom is -0.298 e. The summed E-state index contributed by atoms with van der Waals surface area (Å²) in [6, 6.07) is 0. The van der Waals surface area contributed by atoms with Crippen LogP contribution in [0.2, 0.25) is 0 Å². The largest absolute Gasteiger partial charge is 0.298 e. The third kappa shape index (κ3) is 3.47. The van der Waals surface area contributed by atoms with Gasteiger partial charge in [0.15, 0.2) is 0 Å². The summed E-state index contributed by atoms with van der Waals surface area (Å²) in [5.74, 6) is 1.35. The lowest BCUT2D eigenvalue weighted by Gasteiger charge is -2.30. The van der Waals surface area contributed by atoms with Crippen LogP contribution in [0.25, 0.3) is 0 Å². The Kier molecular flexibility index (Phi) is 3.91. The molecule has 13 heavy (non-hydrogen) atoms. The summed E-state index contributed by atoms with van der Waals surface area (Å²) in [6.45, 7) is 9.13. The number of piperidine rings is 1. The van der Waals surface area contributed by atoms with E-state index in [1.807, 2.05) is 13.8 Å². The predicted octanol–water partition coefficient (Wildman–Crippen LogP) is 1.94. The highest BCUT2D eigenvalue weighted by Gasteiger charge is 2.19. The summed E-state index contributed by atoms with van der Waals surface area (Å²) in [4.78, 5) is 13.8. The quantitative estimate of drug-likeness (QED) is 0.666. The van der Waals surface area contributed by atoms with Crippen LogP contribution < -0.4 is 0 Å². The molecule has 0 N–H and O–H groups in total. The van der Waals surface area contributed by atoms with Gasteiger partial charge in [0.2, 0.25) is 0 Å². The average molecular weight is 183 g/mol. The van der Waals surface area contributed by atoms with Crippen LogP contribution in [0, 0.1) is 11.8 Å². The van der Waals surface area contributed by atoms with Crippen LogP contribution in [0.3, 0.4) is 0 Å². The molecule has 1 fully saturated rings. The minimum absolute atomic E-state index is 0.192. The molecule has 0 bridgehead atoms. The lowest BCUT2D eigenvalue weighted by molar-refractivity contribution is -0.123. The Morgan fingerprint density at radius 1 is 1.54 bits per heavy atom. The number of hydrogen-bond donors (Lipinski definition) is 0. The van der Waals surface area contributed by atoms with Crippen molar-refractivity contribution in [3.8, 4) is 0 Å². The van der Waals surface area contributed by atoms with Gasteiger partial charge in [-0.3, -0.25) is 9.69 Å². The molecule has 1 saturated heterocycles. The van der Waals surface area contributed by atoms with Gasteiger partial charge >= 0.3 is 0 Å². The number of hydrogen-bond acceptors (Lipinski definition) is 2. The standard InChI is InChI=1S/C11H21NO/c1-9(2)11(13)8-12-6-4-5-10(3)7-12/h9-10H,4-8H2,1-3H3. The molecule has 0 aromatic heterocycles. The number of nitrogens with zero attached hydrogens (tertiary/aromatic N) is 1. The molecule has 1 aliphatic rings. The van der Waals surface area contributed by atoms with Crippen LogP contribution in [0.5, 0.6) is 0 Å². The number of Topliss-reactive ketones (excluding diaryl/α,β-unsaturated/α-hetero) is 1. The van der Waals surface area contributed by atoms with Crippen molar-refractivity contribution in [3.05, 3.63) is 0 Å². The van der Waals surface area contributed by atoms with Gasteiger partial charge in [-0.15, -0.1) is 0 Å². The van der Waals surface area contributed by atoms with Gasteiger partial charge in [0.1, 0.15) is 5.78 Å². The minimum atomic E-state index is 0.192. The first-order chi connectivity index (χ1) is 6.09. The normalized spacial score (nSPS) is 25.1. The number of ketones is 1. The van der Waals surface area contributed by atoms with Crippen molar-refractivity contribution in [1.82, 2.24) is 4.90 Å². The molecular formula is C11H21NO. The Hall–Kier alpha value is -0.370. The van der Waals surface area contributed by atoms with Gasteiger partial charge in [0, 0.05) is 12.5 Å². The van der Waals surface area contributed by atoms with E-state index in [9.17, 15) is 4.79 Å². The summed E-state index contributed by atoms with van der Waals surface area (Å²) >= 11 is 0. The van der Waals surface area contributed by atoms with E-state index in [0.29, 0.717) is 12.3 Å². The first kappa shape index (κ1) is 10.7. The van der Waals surface area contributed by atoms with Crippen LogP contribution in [-0.2, 0) is 4.79 Å². The summed E-state index contributed by atoms with van der Waals surface area (Å²) in [7, 11) is 0. The summed E-state index contributed by atoms with van der Waals surface area (Å²) in [5, 5.41) is 0. The van der Waals surface area contributed by atoms with Crippen LogP contribution in [0.15, 0.2) is 0 Å². The predicted molar refractivity (Wildman–Crippen MR) is 54.7 cm³/mol. The molecule has 0 spiro atoms. The van der Waals surface area contributed by atoms with Gasteiger partial charge in [0.25, 0.3) is 0 Å². The molecule has 1 aliphatic heterocycles. The zero-order valence-electron chi connectivity index (χ0n) is 9.05. The van der Waals surface area contributed by atoms with Crippen molar-refractivity contribution in [3.63, 3.8) is 0 Å². The summed E-state index contributed by atoms with van der Waals surface area (Å²) in [6.07, 6.45) is 2.58. The fraction of sp³-hybridized carbons (Fsp3) is 0.909. The van der Waals surface area contributed by atoms with Gasteiger partial charge < -0.3 is 0 Å². The van der Waals surface area contributed by atoms with Crippen molar-refractivity contribution in [2.75, 3.05) is 19.6 Å². The van der Waals surface area contributed by atoms with Crippen LogP contribution in [0.1, 0.15) is 33.6 Å². The van der Waals surface area contributed by atoms with Gasteiger partial charge in [0.05, 0.1) is 6.54 Å². The maximum absolute atomic E-state index is 11.5. The monoisotopic (exact) mass is 183 g/mol. The molecule has 0 saturated carbocycles. The van der Waals surface area contributed by atoms with E-state index in [-0.39, 0.29) is 5.92 Å². The van der Waals surface area contributed by atoms with Crippen molar-refractivity contribution < 1.29 is 4.79 Å². The lowest BCUT2D eigenvalue weighted by atomic mass is 9.99. The third-order valence-electron chi connectivity index (χ3n) is 2.76. The van der Waals surface area contributed by atoms with Gasteiger partial charge in [-0.05, 0) is 25.3 Å². The number of rotatable bonds is 3. The summed E-state index contributed by atoms with van der Waals surface area (Å²) in [5.41, 5.74) is 0. The van der Waals surface area contributed by atoms with Crippen molar-refractivity contribution in [1.29, 1.82) is 0 Å². The highest BCUT2D eigenvalue weighted by atomic mass is 16.1. The van der Waals surface area contributed by atoms with Crippen LogP contribution in [-0.4, -0.2) is 30.3 Å². The molecule has 0 radical (unpaired) electrons. The summed E-state index contributed by atoms with van der Waals surface area (Å²) < 4.78 is 0.